The average Bonchev–Trinajstić information content (AvgIpc) is 3.66. The van der Waals surface area contributed by atoms with Crippen molar-refractivity contribution in [1.82, 2.24) is 31.9 Å². The van der Waals surface area contributed by atoms with Crippen molar-refractivity contribution in [3.05, 3.63) is 197 Å². The molecule has 4 aromatic rings. The van der Waals surface area contributed by atoms with E-state index in [0.29, 0.717) is 53.0 Å². The maximum absolute atomic E-state index is 12.3. The standard InChI is InChI=1S/C18H17NO3.2C13H15NO3.3C7H11NO3/c1-2-22-17(20)13-16(14-9-5-3-6-10-14)19-18(21)15-11-7-4-8-12-15;2*1-3-17-13(16)9-12(14-10(2)15)11-7-5-4-6-8-11;3*1-5(8-6(2)9)4-7(10)11-3/h3-13H,2H2,1H3,(H,19,21);2*4-9H,3H2,1-2H3,(H,14,15);3*4H,1-3H3,(H,8,9)/b16-13-;2*12-9-;5-4+;5-4-;. The number of nitrogens with one attached hydrogen (secondary N) is 6. The fourth-order valence-corrected chi connectivity index (χ4v) is 6.14. The normalized spacial score (nSPS) is 10.8. The summed E-state index contributed by atoms with van der Waals surface area (Å²) in [5.41, 5.74) is 5.50. The summed E-state index contributed by atoms with van der Waals surface area (Å²) in [4.78, 5) is 132. The van der Waals surface area contributed by atoms with Crippen LogP contribution in [0.1, 0.15) is 103 Å². The average molecular weight is 1230 g/mol. The minimum atomic E-state index is -0.491. The van der Waals surface area contributed by atoms with Gasteiger partial charge in [0.1, 0.15) is 0 Å². The molecule has 0 spiro atoms. The van der Waals surface area contributed by atoms with Crippen LogP contribution in [0.5, 0.6) is 0 Å². The Bertz CT molecular complexity index is 2950. The van der Waals surface area contributed by atoms with Crippen LogP contribution in [0.4, 0.5) is 0 Å². The minimum Gasteiger partial charge on any atom is -0.466 e. The Labute approximate surface area is 518 Å². The molecule has 0 saturated carbocycles. The summed E-state index contributed by atoms with van der Waals surface area (Å²) >= 11 is 0. The zero-order valence-corrected chi connectivity index (χ0v) is 52.5. The lowest BCUT2D eigenvalue weighted by atomic mass is 10.1. The largest absolute Gasteiger partial charge is 0.466 e. The number of esters is 6. The second kappa shape index (κ2) is 48.2. The first kappa shape index (κ1) is 80.0. The summed E-state index contributed by atoms with van der Waals surface area (Å²) in [7, 11) is 3.83. The molecule has 6 N–H and O–H groups in total. The van der Waals surface area contributed by atoms with Gasteiger partial charge in [-0.3, -0.25) is 28.8 Å². The van der Waals surface area contributed by atoms with E-state index in [-0.39, 0.29) is 42.0 Å². The number of carbonyl (C=O) groups is 12. The summed E-state index contributed by atoms with van der Waals surface area (Å²) in [6.45, 7) is 17.8. The predicted octanol–water partition coefficient (Wildman–Crippen LogP) is 7.07. The molecule has 24 nitrogen and oxygen atoms in total. The van der Waals surface area contributed by atoms with Gasteiger partial charge in [-0.15, -0.1) is 0 Å². The monoisotopic (exact) mass is 1230 g/mol. The van der Waals surface area contributed by atoms with Crippen LogP contribution in [0.2, 0.25) is 0 Å². The highest BCUT2D eigenvalue weighted by molar-refractivity contribution is 6.03. The zero-order valence-electron chi connectivity index (χ0n) is 52.5. The Morgan fingerprint density at radius 2 is 0.506 bits per heavy atom. The second-order valence-corrected chi connectivity index (χ2v) is 17.3. The molecule has 4 aromatic carbocycles. The van der Waals surface area contributed by atoms with E-state index in [1.165, 1.54) is 92.4 Å². The lowest BCUT2D eigenvalue weighted by Crippen LogP contribution is -2.22. The fourth-order valence-electron chi connectivity index (χ4n) is 6.14. The third-order valence-corrected chi connectivity index (χ3v) is 9.53. The third-order valence-electron chi connectivity index (χ3n) is 9.53. The molecule has 0 aromatic heterocycles. The maximum Gasteiger partial charge on any atom is 0.332 e. The molecular formula is C65H80N6O18. The van der Waals surface area contributed by atoms with E-state index in [0.717, 1.165) is 16.7 Å². The molecular weight excluding hydrogens is 1150 g/mol. The van der Waals surface area contributed by atoms with Gasteiger partial charge < -0.3 is 60.3 Å². The summed E-state index contributed by atoms with van der Waals surface area (Å²) < 4.78 is 27.5. The molecule has 24 heteroatoms. The Balaban J connectivity index is 0. The predicted molar refractivity (Wildman–Crippen MR) is 333 cm³/mol. The molecule has 0 radical (unpaired) electrons. The number of rotatable bonds is 19. The van der Waals surface area contributed by atoms with Gasteiger partial charge in [-0.1, -0.05) is 109 Å². The molecule has 0 bridgehead atoms. The van der Waals surface area contributed by atoms with Gasteiger partial charge in [0.25, 0.3) is 5.91 Å². The number of carbonyl (C=O) groups excluding carboxylic acids is 12. The highest BCUT2D eigenvalue weighted by atomic mass is 16.5. The summed E-state index contributed by atoms with van der Waals surface area (Å²) in [5, 5.41) is 15.3. The SMILES string of the molecule is CCOC(=O)/C=C(\NC(=O)c1ccccc1)c1ccccc1.CCOC(=O)/C=C(\NC(C)=O)c1ccccc1.CCOC(=O)/C=C(\NC(C)=O)c1ccccc1.COC(=O)/C=C(/C)NC(C)=O.COC(=O)/C=C(\C)NC(C)=O.COC(=O)C=C(C)NC(C)=O. The summed E-state index contributed by atoms with van der Waals surface area (Å²) in [5.74, 6) is -4.22. The Kier molecular flexibility index (Phi) is 43.4. The number of benzene rings is 4. The Morgan fingerprint density at radius 3 is 0.708 bits per heavy atom. The topological polar surface area (TPSA) is 332 Å². The molecule has 0 unspecified atom stereocenters. The van der Waals surface area contributed by atoms with Crippen LogP contribution < -0.4 is 31.9 Å². The first-order valence-corrected chi connectivity index (χ1v) is 27.0. The van der Waals surface area contributed by atoms with E-state index in [9.17, 15) is 57.5 Å². The van der Waals surface area contributed by atoms with Gasteiger partial charge in [0.05, 0.1) is 58.2 Å². The van der Waals surface area contributed by atoms with Gasteiger partial charge >= 0.3 is 35.8 Å². The zero-order chi connectivity index (χ0) is 67.7. The lowest BCUT2D eigenvalue weighted by molar-refractivity contribution is -0.138. The highest BCUT2D eigenvalue weighted by Crippen LogP contribution is 2.14. The van der Waals surface area contributed by atoms with Crippen molar-refractivity contribution in [2.75, 3.05) is 41.2 Å². The van der Waals surface area contributed by atoms with Crippen molar-refractivity contribution < 1.29 is 86.0 Å². The van der Waals surface area contributed by atoms with Crippen LogP contribution in [0.15, 0.2) is 175 Å². The van der Waals surface area contributed by atoms with Crippen LogP contribution in [0.25, 0.3) is 17.1 Å². The van der Waals surface area contributed by atoms with Crippen LogP contribution in [0, 0.1) is 0 Å². The summed E-state index contributed by atoms with van der Waals surface area (Å²) in [6.07, 6.45) is 7.48. The van der Waals surface area contributed by atoms with Gasteiger partial charge in [0.2, 0.25) is 29.5 Å². The first-order valence-electron chi connectivity index (χ1n) is 27.0. The van der Waals surface area contributed by atoms with Gasteiger partial charge in [0.15, 0.2) is 0 Å². The van der Waals surface area contributed by atoms with Crippen molar-refractivity contribution in [3.8, 4) is 0 Å². The minimum absolute atomic E-state index is 0.206. The number of hydrogen-bond donors (Lipinski definition) is 6. The summed E-state index contributed by atoms with van der Waals surface area (Å²) in [6, 6.07) is 36.3. The lowest BCUT2D eigenvalue weighted by Gasteiger charge is -2.10. The van der Waals surface area contributed by atoms with E-state index in [1.807, 2.05) is 72.8 Å². The van der Waals surface area contributed by atoms with E-state index >= 15 is 0 Å². The van der Waals surface area contributed by atoms with Crippen molar-refractivity contribution in [1.29, 1.82) is 0 Å². The van der Waals surface area contributed by atoms with Gasteiger partial charge in [0, 0.05) is 93.7 Å². The van der Waals surface area contributed by atoms with Gasteiger partial charge in [-0.25, -0.2) is 28.8 Å². The maximum atomic E-state index is 12.3. The van der Waals surface area contributed by atoms with Crippen molar-refractivity contribution >= 4 is 88.4 Å². The molecule has 6 amide bonds. The van der Waals surface area contributed by atoms with E-state index in [4.69, 9.17) is 14.2 Å². The smallest absolute Gasteiger partial charge is 0.332 e. The Hall–Kier alpha value is -11.0. The van der Waals surface area contributed by atoms with Crippen LogP contribution in [-0.4, -0.2) is 112 Å². The molecule has 4 rings (SSSR count). The third kappa shape index (κ3) is 43.3. The van der Waals surface area contributed by atoms with E-state index in [2.05, 4.69) is 46.1 Å². The number of ether oxygens (including phenoxy) is 6. The van der Waals surface area contributed by atoms with Crippen LogP contribution >= 0.6 is 0 Å². The van der Waals surface area contributed by atoms with Gasteiger partial charge in [-0.05, 0) is 70.4 Å². The number of hydrogen-bond acceptors (Lipinski definition) is 18. The van der Waals surface area contributed by atoms with Crippen molar-refractivity contribution in [3.63, 3.8) is 0 Å². The van der Waals surface area contributed by atoms with E-state index in [1.54, 1.807) is 90.1 Å². The highest BCUT2D eigenvalue weighted by Gasteiger charge is 2.12. The second-order valence-electron chi connectivity index (χ2n) is 17.3. The molecule has 0 aliphatic carbocycles. The molecule has 0 saturated heterocycles. The molecule has 0 aliphatic heterocycles. The Morgan fingerprint density at radius 1 is 0.292 bits per heavy atom. The fraction of sp³-hybridized carbons (Fsp3) is 0.262. The van der Waals surface area contributed by atoms with E-state index < -0.39 is 35.8 Å². The molecule has 0 fully saturated rings. The first-order chi connectivity index (χ1) is 42.1. The van der Waals surface area contributed by atoms with Crippen LogP contribution in [0.3, 0.4) is 0 Å². The number of allylic oxidation sites excluding steroid dienone is 3. The number of amides is 6. The van der Waals surface area contributed by atoms with Gasteiger partial charge in [-0.2, -0.15) is 0 Å². The molecule has 0 aliphatic rings. The molecule has 89 heavy (non-hydrogen) atoms. The van der Waals surface area contributed by atoms with Crippen LogP contribution in [-0.2, 0) is 81.2 Å². The van der Waals surface area contributed by atoms with Crippen molar-refractivity contribution in [2.45, 2.75) is 76.2 Å². The molecule has 478 valence electrons. The quantitative estimate of drug-likeness (QED) is 0.0310. The molecule has 0 heterocycles. The van der Waals surface area contributed by atoms with Crippen molar-refractivity contribution in [2.24, 2.45) is 0 Å². The molecule has 0 atom stereocenters. The number of methoxy groups -OCH3 is 3.